The number of nitrogens with zero attached hydrogens (tertiary/aromatic N) is 1. The van der Waals surface area contributed by atoms with Crippen LogP contribution < -0.4 is 5.32 Å². The fourth-order valence-corrected chi connectivity index (χ4v) is 2.14. The van der Waals surface area contributed by atoms with Gasteiger partial charge in [0.05, 0.1) is 0 Å². The number of carbonyl (C=O) groups is 1. The van der Waals surface area contributed by atoms with Gasteiger partial charge in [0.25, 0.3) is 5.91 Å². The number of thioether (sulfide) groups is 1. The molecule has 3 nitrogen and oxygen atoms in total. The van der Waals surface area contributed by atoms with Crippen molar-refractivity contribution in [3.8, 4) is 0 Å². The molecule has 1 aromatic rings. The summed E-state index contributed by atoms with van der Waals surface area (Å²) in [5.74, 6) is 1.03. The van der Waals surface area contributed by atoms with E-state index in [0.29, 0.717) is 12.2 Å². The zero-order chi connectivity index (χ0) is 11.8. The average molecular weight is 303 g/mol. The molecule has 0 unspecified atom stereocenters. The van der Waals surface area contributed by atoms with Gasteiger partial charge in [-0.15, -0.1) is 0 Å². The molecule has 1 amide bonds. The number of amides is 1. The normalized spacial score (nSPS) is 10.1. The third-order valence-corrected chi connectivity index (χ3v) is 3.37. The highest BCUT2D eigenvalue weighted by atomic mass is 79.9. The van der Waals surface area contributed by atoms with Gasteiger partial charge in [0.15, 0.2) is 0 Å². The summed E-state index contributed by atoms with van der Waals surface area (Å²) >= 11 is 5.13. The smallest absolute Gasteiger partial charge is 0.271 e. The van der Waals surface area contributed by atoms with Gasteiger partial charge in [-0.05, 0) is 52.9 Å². The first-order chi connectivity index (χ1) is 7.75. The van der Waals surface area contributed by atoms with E-state index in [1.807, 2.05) is 17.8 Å². The van der Waals surface area contributed by atoms with Crippen LogP contribution in [0, 0.1) is 0 Å². The van der Waals surface area contributed by atoms with E-state index in [-0.39, 0.29) is 5.91 Å². The van der Waals surface area contributed by atoms with E-state index in [9.17, 15) is 4.79 Å². The highest BCUT2D eigenvalue weighted by Crippen LogP contribution is 2.12. The van der Waals surface area contributed by atoms with Gasteiger partial charge >= 0.3 is 0 Å². The zero-order valence-electron chi connectivity index (χ0n) is 9.20. The minimum Gasteiger partial charge on any atom is -0.351 e. The Hall–Kier alpha value is -0.550. The zero-order valence-corrected chi connectivity index (χ0v) is 11.6. The summed E-state index contributed by atoms with van der Waals surface area (Å²) in [6.45, 7) is 0.711. The molecule has 0 aliphatic rings. The van der Waals surface area contributed by atoms with Crippen molar-refractivity contribution in [1.82, 2.24) is 10.3 Å². The maximum absolute atomic E-state index is 11.7. The van der Waals surface area contributed by atoms with Gasteiger partial charge in [0, 0.05) is 17.2 Å². The molecule has 1 N–H and O–H groups in total. The summed E-state index contributed by atoms with van der Waals surface area (Å²) in [6, 6.07) is 3.61. The molecule has 0 spiro atoms. The summed E-state index contributed by atoms with van der Waals surface area (Å²) in [6.07, 6.45) is 5.85. The van der Waals surface area contributed by atoms with Crippen molar-refractivity contribution in [2.75, 3.05) is 18.6 Å². The Morgan fingerprint density at radius 2 is 2.38 bits per heavy atom. The summed E-state index contributed by atoms with van der Waals surface area (Å²) in [5, 5.41) is 2.86. The van der Waals surface area contributed by atoms with Crippen LogP contribution in [0.1, 0.15) is 23.3 Å². The molecule has 88 valence electrons. The number of hydrogen-bond acceptors (Lipinski definition) is 3. The molecule has 5 heteroatoms. The van der Waals surface area contributed by atoms with Crippen LogP contribution in [0.25, 0.3) is 0 Å². The van der Waals surface area contributed by atoms with Gasteiger partial charge in [-0.2, -0.15) is 11.8 Å². The fraction of sp³-hybridized carbons (Fsp3) is 0.455. The molecule has 1 heterocycles. The van der Waals surface area contributed by atoms with Gasteiger partial charge in [0.2, 0.25) is 0 Å². The topological polar surface area (TPSA) is 42.0 Å². The Morgan fingerprint density at radius 1 is 1.56 bits per heavy atom. The Balaban J connectivity index is 2.33. The number of unbranched alkanes of at least 4 members (excludes halogenated alkanes) is 1. The molecule has 0 aromatic carbocycles. The highest BCUT2D eigenvalue weighted by molar-refractivity contribution is 9.10. The molecule has 1 rings (SSSR count). The SMILES string of the molecule is CSCCCCNC(=O)c1ncccc1Br. The van der Waals surface area contributed by atoms with E-state index in [0.717, 1.165) is 23.1 Å². The minimum absolute atomic E-state index is 0.114. The maximum atomic E-state index is 11.7. The first-order valence-electron chi connectivity index (χ1n) is 5.13. The lowest BCUT2D eigenvalue weighted by atomic mass is 10.3. The predicted molar refractivity (Wildman–Crippen MR) is 71.9 cm³/mol. The van der Waals surface area contributed by atoms with Crippen LogP contribution in [0.3, 0.4) is 0 Å². The fourth-order valence-electron chi connectivity index (χ4n) is 1.21. The number of hydrogen-bond donors (Lipinski definition) is 1. The van der Waals surface area contributed by atoms with Crippen LogP contribution in [0.5, 0.6) is 0 Å². The van der Waals surface area contributed by atoms with Crippen molar-refractivity contribution >= 4 is 33.6 Å². The Bertz CT molecular complexity index is 347. The van der Waals surface area contributed by atoms with Crippen LogP contribution >= 0.6 is 27.7 Å². The average Bonchev–Trinajstić information content (AvgIpc) is 2.29. The first-order valence-corrected chi connectivity index (χ1v) is 7.32. The van der Waals surface area contributed by atoms with Gasteiger partial charge < -0.3 is 5.32 Å². The third-order valence-electron chi connectivity index (χ3n) is 2.03. The van der Waals surface area contributed by atoms with E-state index < -0.39 is 0 Å². The molecule has 0 aliphatic heterocycles. The number of nitrogens with one attached hydrogen (secondary N) is 1. The quantitative estimate of drug-likeness (QED) is 0.822. The molecule has 0 radical (unpaired) electrons. The van der Waals surface area contributed by atoms with Crippen molar-refractivity contribution in [2.24, 2.45) is 0 Å². The van der Waals surface area contributed by atoms with Crippen molar-refractivity contribution in [1.29, 1.82) is 0 Å². The van der Waals surface area contributed by atoms with E-state index >= 15 is 0 Å². The Morgan fingerprint density at radius 3 is 3.06 bits per heavy atom. The van der Waals surface area contributed by atoms with Crippen LogP contribution in [-0.4, -0.2) is 29.4 Å². The third kappa shape index (κ3) is 4.53. The van der Waals surface area contributed by atoms with Crippen LogP contribution in [0.2, 0.25) is 0 Å². The lowest BCUT2D eigenvalue weighted by molar-refractivity contribution is 0.0947. The van der Waals surface area contributed by atoms with Crippen molar-refractivity contribution in [2.45, 2.75) is 12.8 Å². The first kappa shape index (κ1) is 13.5. The number of halogens is 1. The van der Waals surface area contributed by atoms with E-state index in [4.69, 9.17) is 0 Å². The summed E-state index contributed by atoms with van der Waals surface area (Å²) in [5.41, 5.74) is 0.451. The predicted octanol–water partition coefficient (Wildman–Crippen LogP) is 2.72. The summed E-state index contributed by atoms with van der Waals surface area (Å²) in [7, 11) is 0. The van der Waals surface area contributed by atoms with Crippen molar-refractivity contribution < 1.29 is 4.79 Å². The number of aromatic nitrogens is 1. The second-order valence-electron chi connectivity index (χ2n) is 3.29. The van der Waals surface area contributed by atoms with Gasteiger partial charge in [-0.25, -0.2) is 4.98 Å². The number of pyridine rings is 1. The standard InChI is InChI=1S/C11H15BrN2OS/c1-16-8-3-2-6-14-11(15)10-9(12)5-4-7-13-10/h4-5,7H,2-3,6,8H2,1H3,(H,14,15). The molecule has 0 saturated heterocycles. The van der Waals surface area contributed by atoms with Crippen molar-refractivity contribution in [3.05, 3.63) is 28.5 Å². The largest absolute Gasteiger partial charge is 0.351 e. The van der Waals surface area contributed by atoms with Gasteiger partial charge in [-0.3, -0.25) is 4.79 Å². The van der Waals surface area contributed by atoms with Crippen molar-refractivity contribution in [3.63, 3.8) is 0 Å². The maximum Gasteiger partial charge on any atom is 0.271 e. The second kappa shape index (κ2) is 7.68. The highest BCUT2D eigenvalue weighted by Gasteiger charge is 2.09. The molecular weight excluding hydrogens is 288 g/mol. The molecule has 0 atom stereocenters. The molecule has 0 aliphatic carbocycles. The van der Waals surface area contributed by atoms with Crippen LogP contribution in [0.15, 0.2) is 22.8 Å². The van der Waals surface area contributed by atoms with Gasteiger partial charge in [-0.1, -0.05) is 0 Å². The molecule has 16 heavy (non-hydrogen) atoms. The minimum atomic E-state index is -0.114. The van der Waals surface area contributed by atoms with E-state index in [1.165, 1.54) is 0 Å². The van der Waals surface area contributed by atoms with E-state index in [1.54, 1.807) is 12.3 Å². The Kier molecular flexibility index (Phi) is 6.49. The lowest BCUT2D eigenvalue weighted by Gasteiger charge is -2.05. The van der Waals surface area contributed by atoms with Gasteiger partial charge in [0.1, 0.15) is 5.69 Å². The molecule has 0 bridgehead atoms. The van der Waals surface area contributed by atoms with Crippen LogP contribution in [-0.2, 0) is 0 Å². The monoisotopic (exact) mass is 302 g/mol. The van der Waals surface area contributed by atoms with Crippen LogP contribution in [0.4, 0.5) is 0 Å². The molecule has 1 aromatic heterocycles. The summed E-state index contributed by atoms with van der Waals surface area (Å²) in [4.78, 5) is 15.7. The Labute approximate surface area is 109 Å². The number of carbonyl (C=O) groups excluding carboxylic acids is 1. The second-order valence-corrected chi connectivity index (χ2v) is 5.13. The molecule has 0 saturated carbocycles. The number of rotatable bonds is 6. The molecular formula is C11H15BrN2OS. The van der Waals surface area contributed by atoms with E-state index in [2.05, 4.69) is 32.5 Å². The lowest BCUT2D eigenvalue weighted by Crippen LogP contribution is -2.25. The summed E-state index contributed by atoms with van der Waals surface area (Å²) < 4.78 is 0.733. The molecule has 0 fully saturated rings.